The minimum absolute atomic E-state index is 0.104. The van der Waals surface area contributed by atoms with Crippen molar-refractivity contribution in [3.05, 3.63) is 29.9 Å². The summed E-state index contributed by atoms with van der Waals surface area (Å²) >= 11 is 0. The van der Waals surface area contributed by atoms with E-state index in [1.165, 1.54) is 13.4 Å². The van der Waals surface area contributed by atoms with Crippen LogP contribution in [0.3, 0.4) is 0 Å². The highest BCUT2D eigenvalue weighted by molar-refractivity contribution is 5.72. The van der Waals surface area contributed by atoms with Gasteiger partial charge in [0.2, 0.25) is 0 Å². The highest BCUT2D eigenvalue weighted by Crippen LogP contribution is 2.22. The molecule has 0 aliphatic heterocycles. The Labute approximate surface area is 92.0 Å². The first kappa shape index (κ1) is 10.5. The summed E-state index contributed by atoms with van der Waals surface area (Å²) in [6, 6.07) is 3.49. The molecule has 0 atom stereocenters. The largest absolute Gasteiger partial charge is 0.469 e. The van der Waals surface area contributed by atoms with Gasteiger partial charge in [0.25, 0.3) is 5.89 Å². The highest BCUT2D eigenvalue weighted by Gasteiger charge is 2.15. The summed E-state index contributed by atoms with van der Waals surface area (Å²) < 4.78 is 15.1. The molecule has 0 saturated carbocycles. The number of oxazole rings is 1. The highest BCUT2D eigenvalue weighted by atomic mass is 16.5. The fourth-order valence-electron chi connectivity index (χ4n) is 1.31. The zero-order chi connectivity index (χ0) is 11.5. The molecule has 16 heavy (non-hydrogen) atoms. The number of methoxy groups -OCH3 is 1. The van der Waals surface area contributed by atoms with Crippen molar-refractivity contribution < 1.29 is 18.4 Å². The van der Waals surface area contributed by atoms with Gasteiger partial charge < -0.3 is 13.6 Å². The average molecular weight is 221 g/mol. The lowest BCUT2D eigenvalue weighted by Gasteiger charge is -1.94. The molecule has 2 rings (SSSR count). The van der Waals surface area contributed by atoms with Gasteiger partial charge in [-0.2, -0.15) is 0 Å². The Morgan fingerprint density at radius 1 is 1.56 bits per heavy atom. The Hall–Kier alpha value is -2.04. The van der Waals surface area contributed by atoms with Crippen LogP contribution in [0.5, 0.6) is 0 Å². The van der Waals surface area contributed by atoms with Gasteiger partial charge in [-0.25, -0.2) is 4.98 Å². The Kier molecular flexibility index (Phi) is 2.76. The van der Waals surface area contributed by atoms with Crippen LogP contribution in [0.2, 0.25) is 0 Å². The van der Waals surface area contributed by atoms with Crippen molar-refractivity contribution in [2.75, 3.05) is 7.11 Å². The van der Waals surface area contributed by atoms with Gasteiger partial charge in [-0.1, -0.05) is 0 Å². The van der Waals surface area contributed by atoms with Gasteiger partial charge in [0, 0.05) is 0 Å². The average Bonchev–Trinajstić information content (AvgIpc) is 2.88. The van der Waals surface area contributed by atoms with Crippen LogP contribution in [0.4, 0.5) is 0 Å². The molecule has 2 aromatic heterocycles. The van der Waals surface area contributed by atoms with Crippen LogP contribution in [0.15, 0.2) is 27.2 Å². The molecule has 0 fully saturated rings. The third kappa shape index (κ3) is 1.98. The monoisotopic (exact) mass is 221 g/mol. The molecular weight excluding hydrogens is 210 g/mol. The molecule has 0 aromatic carbocycles. The predicted octanol–water partition coefficient (Wildman–Crippen LogP) is 1.96. The van der Waals surface area contributed by atoms with E-state index in [2.05, 4.69) is 9.72 Å². The summed E-state index contributed by atoms with van der Waals surface area (Å²) in [5, 5.41) is 0. The first-order valence-corrected chi connectivity index (χ1v) is 4.77. The van der Waals surface area contributed by atoms with Gasteiger partial charge >= 0.3 is 5.97 Å². The summed E-state index contributed by atoms with van der Waals surface area (Å²) in [5.41, 5.74) is 0.568. The number of carbonyl (C=O) groups excluding carboxylic acids is 1. The van der Waals surface area contributed by atoms with E-state index in [1.807, 2.05) is 0 Å². The SMILES string of the molecule is COC(=O)Cc1nc(-c2ccco2)oc1C. The standard InChI is InChI=1S/C11H11NO4/c1-7-8(6-10(13)14-2)12-11(16-7)9-4-3-5-15-9/h3-5H,6H2,1-2H3. The van der Waals surface area contributed by atoms with Crippen molar-refractivity contribution >= 4 is 5.97 Å². The Morgan fingerprint density at radius 3 is 3.00 bits per heavy atom. The number of esters is 1. The number of rotatable bonds is 3. The van der Waals surface area contributed by atoms with Crippen molar-refractivity contribution in [3.63, 3.8) is 0 Å². The molecule has 0 bridgehead atoms. The van der Waals surface area contributed by atoms with E-state index in [-0.39, 0.29) is 12.4 Å². The van der Waals surface area contributed by atoms with Crippen molar-refractivity contribution in [2.45, 2.75) is 13.3 Å². The van der Waals surface area contributed by atoms with Gasteiger partial charge in [0.15, 0.2) is 5.76 Å². The topological polar surface area (TPSA) is 65.5 Å². The van der Waals surface area contributed by atoms with E-state index in [4.69, 9.17) is 8.83 Å². The lowest BCUT2D eigenvalue weighted by molar-refractivity contribution is -0.139. The van der Waals surface area contributed by atoms with E-state index in [0.717, 1.165) is 0 Å². The molecular formula is C11H11NO4. The van der Waals surface area contributed by atoms with Crippen LogP contribution in [0.25, 0.3) is 11.7 Å². The molecule has 5 heteroatoms. The first-order chi connectivity index (χ1) is 7.70. The van der Waals surface area contributed by atoms with Crippen LogP contribution < -0.4 is 0 Å². The van der Waals surface area contributed by atoms with E-state index < -0.39 is 0 Å². The Balaban J connectivity index is 2.25. The summed E-state index contributed by atoms with van der Waals surface area (Å²) in [5.74, 6) is 1.17. The third-order valence-corrected chi connectivity index (χ3v) is 2.16. The number of hydrogen-bond donors (Lipinski definition) is 0. The second kappa shape index (κ2) is 4.22. The summed E-state index contributed by atoms with van der Waals surface area (Å²) in [7, 11) is 1.34. The summed E-state index contributed by atoms with van der Waals surface area (Å²) in [6.07, 6.45) is 1.64. The van der Waals surface area contributed by atoms with Gasteiger partial charge in [0.05, 0.1) is 25.5 Å². The van der Waals surface area contributed by atoms with Crippen LogP contribution in [-0.2, 0) is 16.0 Å². The molecule has 0 unspecified atom stereocenters. The quantitative estimate of drug-likeness (QED) is 0.741. The second-order valence-corrected chi connectivity index (χ2v) is 3.25. The van der Waals surface area contributed by atoms with Gasteiger partial charge in [-0.3, -0.25) is 4.79 Å². The number of hydrogen-bond acceptors (Lipinski definition) is 5. The number of furan rings is 1. The minimum Gasteiger partial charge on any atom is -0.469 e. The number of aromatic nitrogens is 1. The van der Waals surface area contributed by atoms with E-state index in [9.17, 15) is 4.79 Å². The normalized spacial score (nSPS) is 10.4. The molecule has 2 heterocycles. The zero-order valence-corrected chi connectivity index (χ0v) is 9.02. The molecule has 0 radical (unpaired) electrons. The minimum atomic E-state index is -0.345. The summed E-state index contributed by atoms with van der Waals surface area (Å²) in [4.78, 5) is 15.3. The van der Waals surface area contributed by atoms with Gasteiger partial charge in [-0.15, -0.1) is 0 Å². The predicted molar refractivity (Wildman–Crippen MR) is 54.7 cm³/mol. The molecule has 0 spiro atoms. The molecule has 5 nitrogen and oxygen atoms in total. The van der Waals surface area contributed by atoms with Crippen LogP contribution in [0, 0.1) is 6.92 Å². The van der Waals surface area contributed by atoms with Gasteiger partial charge in [-0.05, 0) is 19.1 Å². The number of carbonyl (C=O) groups is 1. The molecule has 0 aliphatic rings. The van der Waals surface area contributed by atoms with Crippen molar-refractivity contribution in [1.29, 1.82) is 0 Å². The maximum atomic E-state index is 11.1. The van der Waals surface area contributed by atoms with E-state index in [0.29, 0.717) is 23.1 Å². The van der Waals surface area contributed by atoms with E-state index >= 15 is 0 Å². The molecule has 0 N–H and O–H groups in total. The third-order valence-electron chi connectivity index (χ3n) is 2.16. The second-order valence-electron chi connectivity index (χ2n) is 3.25. The maximum Gasteiger partial charge on any atom is 0.311 e. The lowest BCUT2D eigenvalue weighted by Crippen LogP contribution is -2.05. The van der Waals surface area contributed by atoms with Crippen LogP contribution in [-0.4, -0.2) is 18.1 Å². The molecule has 2 aromatic rings. The lowest BCUT2D eigenvalue weighted by atomic mass is 10.3. The maximum absolute atomic E-state index is 11.1. The molecule has 84 valence electrons. The number of nitrogens with zero attached hydrogens (tertiary/aromatic N) is 1. The molecule has 0 aliphatic carbocycles. The summed E-state index contributed by atoms with van der Waals surface area (Å²) in [6.45, 7) is 1.75. The number of aryl methyl sites for hydroxylation is 1. The smallest absolute Gasteiger partial charge is 0.311 e. The zero-order valence-electron chi connectivity index (χ0n) is 9.02. The Bertz CT molecular complexity index is 484. The first-order valence-electron chi connectivity index (χ1n) is 4.77. The van der Waals surface area contributed by atoms with Crippen LogP contribution >= 0.6 is 0 Å². The van der Waals surface area contributed by atoms with Gasteiger partial charge in [0.1, 0.15) is 5.76 Å². The Morgan fingerprint density at radius 2 is 2.38 bits per heavy atom. The van der Waals surface area contributed by atoms with E-state index in [1.54, 1.807) is 19.1 Å². The fourth-order valence-corrected chi connectivity index (χ4v) is 1.31. The fraction of sp³-hybridized carbons (Fsp3) is 0.273. The van der Waals surface area contributed by atoms with Crippen LogP contribution in [0.1, 0.15) is 11.5 Å². The van der Waals surface area contributed by atoms with Crippen molar-refractivity contribution in [3.8, 4) is 11.7 Å². The molecule has 0 amide bonds. The molecule has 0 saturated heterocycles. The van der Waals surface area contributed by atoms with Crippen molar-refractivity contribution in [2.24, 2.45) is 0 Å². The number of ether oxygens (including phenoxy) is 1. The van der Waals surface area contributed by atoms with Crippen molar-refractivity contribution in [1.82, 2.24) is 4.98 Å².